The molecule has 2 N–H and O–H groups in total. The van der Waals surface area contributed by atoms with E-state index >= 15 is 0 Å². The van der Waals surface area contributed by atoms with Gasteiger partial charge in [0.25, 0.3) is 5.91 Å². The van der Waals surface area contributed by atoms with Gasteiger partial charge in [0.15, 0.2) is 5.69 Å². The van der Waals surface area contributed by atoms with Gasteiger partial charge in [-0.05, 0) is 20.3 Å². The van der Waals surface area contributed by atoms with Crippen molar-refractivity contribution in [3.05, 3.63) is 16.9 Å². The van der Waals surface area contributed by atoms with Gasteiger partial charge in [-0.25, -0.2) is 9.97 Å². The van der Waals surface area contributed by atoms with Crippen LogP contribution in [0.25, 0.3) is 0 Å². The highest BCUT2D eigenvalue weighted by Gasteiger charge is 2.32. The standard InChI is InChI=1S/C14H20ClN5O2/c1-3-19(4-2)14-17-7-10(15)11(18-14)13(22)20-6-5-9(8-20)12(16)21/h7,9H,3-6,8H2,1-2H3,(H2,16,21)/t9-/m1/s1. The molecule has 2 heterocycles. The lowest BCUT2D eigenvalue weighted by atomic mass is 10.1. The van der Waals surface area contributed by atoms with Crippen LogP contribution >= 0.6 is 11.6 Å². The van der Waals surface area contributed by atoms with E-state index in [4.69, 9.17) is 17.3 Å². The Morgan fingerprint density at radius 2 is 2.14 bits per heavy atom. The maximum atomic E-state index is 12.6. The summed E-state index contributed by atoms with van der Waals surface area (Å²) in [5.41, 5.74) is 5.46. The van der Waals surface area contributed by atoms with Crippen molar-refractivity contribution >= 4 is 29.4 Å². The number of hydrogen-bond donors (Lipinski definition) is 1. The predicted octanol–water partition coefficient (Wildman–Crippen LogP) is 0.924. The third-order valence-electron chi connectivity index (χ3n) is 3.86. The minimum absolute atomic E-state index is 0.170. The van der Waals surface area contributed by atoms with Gasteiger partial charge in [0.2, 0.25) is 11.9 Å². The number of aromatic nitrogens is 2. The van der Waals surface area contributed by atoms with Crippen LogP contribution in [-0.4, -0.2) is 52.9 Å². The van der Waals surface area contributed by atoms with E-state index in [0.29, 0.717) is 25.5 Å². The normalized spacial score (nSPS) is 17.6. The Labute approximate surface area is 134 Å². The Balaban J connectivity index is 2.22. The number of anilines is 1. The van der Waals surface area contributed by atoms with Crippen LogP contribution in [0, 0.1) is 5.92 Å². The van der Waals surface area contributed by atoms with Gasteiger partial charge in [0.1, 0.15) is 0 Å². The molecule has 22 heavy (non-hydrogen) atoms. The molecule has 0 bridgehead atoms. The monoisotopic (exact) mass is 325 g/mol. The molecule has 0 aliphatic carbocycles. The topological polar surface area (TPSA) is 92.4 Å². The maximum absolute atomic E-state index is 12.6. The third kappa shape index (κ3) is 3.30. The largest absolute Gasteiger partial charge is 0.369 e. The predicted molar refractivity (Wildman–Crippen MR) is 83.8 cm³/mol. The summed E-state index contributed by atoms with van der Waals surface area (Å²) in [6, 6.07) is 0. The smallest absolute Gasteiger partial charge is 0.274 e. The summed E-state index contributed by atoms with van der Waals surface area (Å²) in [4.78, 5) is 35.8. The lowest BCUT2D eigenvalue weighted by Crippen LogP contribution is -2.33. The first kappa shape index (κ1) is 16.5. The van der Waals surface area contributed by atoms with Crippen LogP contribution in [0.5, 0.6) is 0 Å². The van der Waals surface area contributed by atoms with E-state index in [1.807, 2.05) is 18.7 Å². The molecule has 2 rings (SSSR count). The second-order valence-electron chi connectivity index (χ2n) is 5.18. The quantitative estimate of drug-likeness (QED) is 0.869. The van der Waals surface area contributed by atoms with E-state index in [-0.39, 0.29) is 28.4 Å². The van der Waals surface area contributed by atoms with Crippen molar-refractivity contribution < 1.29 is 9.59 Å². The van der Waals surface area contributed by atoms with Gasteiger partial charge in [-0.2, -0.15) is 0 Å². The van der Waals surface area contributed by atoms with Gasteiger partial charge in [0.05, 0.1) is 17.1 Å². The Bertz CT molecular complexity index is 576. The number of nitrogens with zero attached hydrogens (tertiary/aromatic N) is 4. The van der Waals surface area contributed by atoms with E-state index in [1.54, 1.807) is 4.90 Å². The molecule has 1 saturated heterocycles. The van der Waals surface area contributed by atoms with E-state index < -0.39 is 0 Å². The number of rotatable bonds is 5. The van der Waals surface area contributed by atoms with Crippen LogP contribution in [0.15, 0.2) is 6.20 Å². The van der Waals surface area contributed by atoms with Gasteiger partial charge in [-0.3, -0.25) is 9.59 Å². The van der Waals surface area contributed by atoms with Crippen LogP contribution in [-0.2, 0) is 4.79 Å². The summed E-state index contributed by atoms with van der Waals surface area (Å²) in [6.07, 6.45) is 2.02. The lowest BCUT2D eigenvalue weighted by molar-refractivity contribution is -0.121. The molecular weight excluding hydrogens is 306 g/mol. The Hall–Kier alpha value is -1.89. The molecule has 1 aliphatic rings. The van der Waals surface area contributed by atoms with Gasteiger partial charge in [-0.1, -0.05) is 11.6 Å². The molecule has 0 unspecified atom stereocenters. The highest BCUT2D eigenvalue weighted by atomic mass is 35.5. The summed E-state index contributed by atoms with van der Waals surface area (Å²) in [5.74, 6) is -0.493. The molecule has 0 aromatic carbocycles. The zero-order chi connectivity index (χ0) is 16.3. The number of carbonyl (C=O) groups is 2. The minimum atomic E-state index is -0.382. The summed E-state index contributed by atoms with van der Waals surface area (Å²) in [7, 11) is 0. The lowest BCUT2D eigenvalue weighted by Gasteiger charge is -2.20. The molecule has 1 aromatic rings. The zero-order valence-electron chi connectivity index (χ0n) is 12.8. The van der Waals surface area contributed by atoms with E-state index in [1.165, 1.54) is 6.20 Å². The van der Waals surface area contributed by atoms with Gasteiger partial charge < -0.3 is 15.5 Å². The molecule has 0 saturated carbocycles. The van der Waals surface area contributed by atoms with Crippen molar-refractivity contribution in [2.24, 2.45) is 11.7 Å². The van der Waals surface area contributed by atoms with Crippen LogP contribution < -0.4 is 10.6 Å². The number of primary amides is 1. The molecular formula is C14H20ClN5O2. The minimum Gasteiger partial charge on any atom is -0.369 e. The van der Waals surface area contributed by atoms with Crippen molar-refractivity contribution in [1.82, 2.24) is 14.9 Å². The number of nitrogens with two attached hydrogens (primary N) is 1. The van der Waals surface area contributed by atoms with Gasteiger partial charge in [0, 0.05) is 26.2 Å². The Morgan fingerprint density at radius 1 is 1.45 bits per heavy atom. The number of likely N-dealkylation sites (tertiary alicyclic amines) is 1. The maximum Gasteiger partial charge on any atom is 0.274 e. The molecule has 0 radical (unpaired) electrons. The first-order valence-electron chi connectivity index (χ1n) is 7.34. The Kier molecular flexibility index (Phi) is 5.18. The molecule has 1 atom stereocenters. The van der Waals surface area contributed by atoms with Crippen molar-refractivity contribution in [2.45, 2.75) is 20.3 Å². The summed E-state index contributed by atoms with van der Waals surface area (Å²) >= 11 is 6.08. The zero-order valence-corrected chi connectivity index (χ0v) is 13.5. The second-order valence-corrected chi connectivity index (χ2v) is 5.59. The van der Waals surface area contributed by atoms with E-state index in [9.17, 15) is 9.59 Å². The van der Waals surface area contributed by atoms with Crippen LogP contribution in [0.3, 0.4) is 0 Å². The first-order valence-corrected chi connectivity index (χ1v) is 7.71. The highest BCUT2D eigenvalue weighted by Crippen LogP contribution is 2.22. The molecule has 1 fully saturated rings. The van der Waals surface area contributed by atoms with Crippen molar-refractivity contribution in [2.75, 3.05) is 31.1 Å². The Morgan fingerprint density at radius 3 is 2.68 bits per heavy atom. The number of halogens is 1. The van der Waals surface area contributed by atoms with Crippen molar-refractivity contribution in [3.8, 4) is 0 Å². The fourth-order valence-electron chi connectivity index (χ4n) is 2.49. The summed E-state index contributed by atoms with van der Waals surface area (Å²) in [6.45, 7) is 6.24. The van der Waals surface area contributed by atoms with E-state index in [0.717, 1.165) is 13.1 Å². The fourth-order valence-corrected chi connectivity index (χ4v) is 2.67. The molecule has 1 aromatic heterocycles. The highest BCUT2D eigenvalue weighted by molar-refractivity contribution is 6.33. The fraction of sp³-hybridized carbons (Fsp3) is 0.571. The molecule has 0 spiro atoms. The SMILES string of the molecule is CCN(CC)c1ncc(Cl)c(C(=O)N2CC[C@@H](C(N)=O)C2)n1. The molecule has 120 valence electrons. The van der Waals surface area contributed by atoms with Crippen LogP contribution in [0.1, 0.15) is 30.8 Å². The average Bonchev–Trinajstić information content (AvgIpc) is 2.99. The van der Waals surface area contributed by atoms with Crippen LogP contribution in [0.4, 0.5) is 5.95 Å². The van der Waals surface area contributed by atoms with Crippen molar-refractivity contribution in [3.63, 3.8) is 0 Å². The number of amides is 2. The molecule has 2 amide bonds. The summed E-state index contributed by atoms with van der Waals surface area (Å²) < 4.78 is 0. The molecule has 7 nitrogen and oxygen atoms in total. The van der Waals surface area contributed by atoms with Gasteiger partial charge in [-0.15, -0.1) is 0 Å². The number of hydrogen-bond acceptors (Lipinski definition) is 5. The first-order chi connectivity index (χ1) is 10.5. The number of carbonyl (C=O) groups excluding carboxylic acids is 2. The average molecular weight is 326 g/mol. The van der Waals surface area contributed by atoms with Crippen LogP contribution in [0.2, 0.25) is 5.02 Å². The van der Waals surface area contributed by atoms with Crippen molar-refractivity contribution in [1.29, 1.82) is 0 Å². The van der Waals surface area contributed by atoms with Gasteiger partial charge >= 0.3 is 0 Å². The molecule has 1 aliphatic heterocycles. The summed E-state index contributed by atoms with van der Waals surface area (Å²) in [5, 5.41) is 0.212. The van der Waals surface area contributed by atoms with E-state index in [2.05, 4.69) is 9.97 Å². The third-order valence-corrected chi connectivity index (χ3v) is 4.13. The molecule has 8 heteroatoms. The second kappa shape index (κ2) is 6.91.